The number of ether oxygens (including phenoxy) is 1. The maximum Gasteiger partial charge on any atom is 0.227 e. The molecule has 0 unspecified atom stereocenters. The summed E-state index contributed by atoms with van der Waals surface area (Å²) >= 11 is 0. The van der Waals surface area contributed by atoms with Gasteiger partial charge in [-0.2, -0.15) is 0 Å². The zero-order valence-corrected chi connectivity index (χ0v) is 12.6. The summed E-state index contributed by atoms with van der Waals surface area (Å²) in [7, 11) is 0. The quantitative estimate of drug-likeness (QED) is 0.910. The molecular weight excluding hydrogens is 297 g/mol. The number of anilines is 1. The summed E-state index contributed by atoms with van der Waals surface area (Å²) in [6, 6.07) is 9.12. The normalized spacial score (nSPS) is 15.2. The number of aromatic nitrogens is 1. The number of hydrogen-bond acceptors (Lipinski definition) is 4. The predicted octanol–water partition coefficient (Wildman–Crippen LogP) is 2.95. The third-order valence-corrected chi connectivity index (χ3v) is 3.75. The topological polar surface area (TPSA) is 63.2 Å². The van der Waals surface area contributed by atoms with Crippen LogP contribution >= 0.6 is 0 Å². The van der Waals surface area contributed by atoms with Crippen molar-refractivity contribution in [3.63, 3.8) is 0 Å². The Hall–Kier alpha value is -2.47. The van der Waals surface area contributed by atoms with Crippen LogP contribution in [0.15, 0.2) is 42.6 Å². The zero-order valence-electron chi connectivity index (χ0n) is 12.6. The number of nitrogens with one attached hydrogen (secondary N) is 2. The Labute approximate surface area is 133 Å². The minimum atomic E-state index is -0.318. The van der Waals surface area contributed by atoms with Gasteiger partial charge in [0, 0.05) is 12.0 Å². The molecule has 0 radical (unpaired) electrons. The molecule has 2 heterocycles. The van der Waals surface area contributed by atoms with E-state index in [0.29, 0.717) is 17.3 Å². The average Bonchev–Trinajstić information content (AvgIpc) is 2.59. The lowest BCUT2D eigenvalue weighted by Crippen LogP contribution is -2.34. The maximum absolute atomic E-state index is 12.8. The van der Waals surface area contributed by atoms with Gasteiger partial charge >= 0.3 is 0 Å². The van der Waals surface area contributed by atoms with E-state index in [1.165, 1.54) is 24.3 Å². The van der Waals surface area contributed by atoms with Crippen molar-refractivity contribution in [3.8, 4) is 11.6 Å². The lowest BCUT2D eigenvalue weighted by Gasteiger charge is -2.21. The molecule has 0 saturated carbocycles. The molecule has 2 N–H and O–H groups in total. The van der Waals surface area contributed by atoms with Crippen LogP contribution in [0.5, 0.6) is 11.6 Å². The van der Waals surface area contributed by atoms with Gasteiger partial charge < -0.3 is 15.4 Å². The number of pyridine rings is 1. The minimum Gasteiger partial charge on any atom is -0.439 e. The smallest absolute Gasteiger partial charge is 0.227 e. The summed E-state index contributed by atoms with van der Waals surface area (Å²) in [5.41, 5.74) is 0.639. The first-order chi connectivity index (χ1) is 11.2. The van der Waals surface area contributed by atoms with E-state index in [1.54, 1.807) is 18.3 Å². The highest BCUT2D eigenvalue weighted by Crippen LogP contribution is 2.21. The lowest BCUT2D eigenvalue weighted by molar-refractivity contribution is -0.120. The third-order valence-electron chi connectivity index (χ3n) is 3.75. The van der Waals surface area contributed by atoms with Gasteiger partial charge in [-0.25, -0.2) is 9.37 Å². The molecule has 1 aromatic heterocycles. The Morgan fingerprint density at radius 1 is 1.17 bits per heavy atom. The number of nitrogens with zero attached hydrogens (tertiary/aromatic N) is 1. The molecule has 0 spiro atoms. The summed E-state index contributed by atoms with van der Waals surface area (Å²) in [4.78, 5) is 16.3. The highest BCUT2D eigenvalue weighted by Gasteiger charge is 2.20. The molecule has 1 amide bonds. The molecule has 1 saturated heterocycles. The van der Waals surface area contributed by atoms with Crippen LogP contribution < -0.4 is 15.4 Å². The minimum absolute atomic E-state index is 0.0282. The molecule has 23 heavy (non-hydrogen) atoms. The second kappa shape index (κ2) is 7.19. The molecular formula is C17H18FN3O2. The Morgan fingerprint density at radius 3 is 2.57 bits per heavy atom. The van der Waals surface area contributed by atoms with Gasteiger partial charge in [0.25, 0.3) is 0 Å². The van der Waals surface area contributed by atoms with Crippen molar-refractivity contribution < 1.29 is 13.9 Å². The van der Waals surface area contributed by atoms with E-state index in [4.69, 9.17) is 4.74 Å². The molecule has 0 aliphatic carbocycles. The van der Waals surface area contributed by atoms with Gasteiger partial charge in [-0.1, -0.05) is 0 Å². The largest absolute Gasteiger partial charge is 0.439 e. The first-order valence-electron chi connectivity index (χ1n) is 7.62. The lowest BCUT2D eigenvalue weighted by atomic mass is 9.97. The van der Waals surface area contributed by atoms with Crippen molar-refractivity contribution in [2.24, 2.45) is 5.92 Å². The van der Waals surface area contributed by atoms with Crippen LogP contribution in [0, 0.1) is 11.7 Å². The van der Waals surface area contributed by atoms with Crippen LogP contribution in [0.3, 0.4) is 0 Å². The third kappa shape index (κ3) is 4.26. The van der Waals surface area contributed by atoms with Gasteiger partial charge in [-0.15, -0.1) is 0 Å². The molecule has 3 rings (SSSR count). The number of halogens is 1. The van der Waals surface area contributed by atoms with E-state index in [-0.39, 0.29) is 17.6 Å². The molecule has 6 heteroatoms. The van der Waals surface area contributed by atoms with Gasteiger partial charge in [0.2, 0.25) is 11.8 Å². The molecule has 2 aromatic rings. The fourth-order valence-electron chi connectivity index (χ4n) is 2.47. The van der Waals surface area contributed by atoms with Gasteiger partial charge in [0.05, 0.1) is 11.9 Å². The van der Waals surface area contributed by atoms with Gasteiger partial charge in [0.1, 0.15) is 11.6 Å². The number of rotatable bonds is 4. The highest BCUT2D eigenvalue weighted by molar-refractivity contribution is 5.92. The van der Waals surface area contributed by atoms with Crippen molar-refractivity contribution in [3.05, 3.63) is 48.4 Å². The second-order valence-corrected chi connectivity index (χ2v) is 5.45. The van der Waals surface area contributed by atoms with Crippen molar-refractivity contribution in [1.29, 1.82) is 0 Å². The molecule has 0 atom stereocenters. The number of amides is 1. The Bertz CT molecular complexity index is 653. The molecule has 1 aliphatic heterocycles. The summed E-state index contributed by atoms with van der Waals surface area (Å²) in [5, 5.41) is 6.11. The molecule has 1 aromatic carbocycles. The Kier molecular flexibility index (Phi) is 4.83. The summed E-state index contributed by atoms with van der Waals surface area (Å²) in [5.74, 6) is 0.648. The highest BCUT2D eigenvalue weighted by atomic mass is 19.1. The van der Waals surface area contributed by atoms with Crippen LogP contribution in [0.4, 0.5) is 10.1 Å². The maximum atomic E-state index is 12.8. The average molecular weight is 315 g/mol. The predicted molar refractivity (Wildman–Crippen MR) is 84.9 cm³/mol. The molecule has 120 valence electrons. The molecule has 1 aliphatic rings. The van der Waals surface area contributed by atoms with Gasteiger partial charge in [-0.3, -0.25) is 4.79 Å². The number of benzene rings is 1. The molecule has 1 fully saturated rings. The first-order valence-corrected chi connectivity index (χ1v) is 7.62. The van der Waals surface area contributed by atoms with E-state index >= 15 is 0 Å². The zero-order chi connectivity index (χ0) is 16.1. The Morgan fingerprint density at radius 2 is 1.91 bits per heavy atom. The van der Waals surface area contributed by atoms with Crippen molar-refractivity contribution in [2.45, 2.75) is 12.8 Å². The first kappa shape index (κ1) is 15.4. The van der Waals surface area contributed by atoms with Crippen LogP contribution in [0.1, 0.15) is 12.8 Å². The van der Waals surface area contributed by atoms with Crippen molar-refractivity contribution in [1.82, 2.24) is 10.3 Å². The number of carbonyl (C=O) groups excluding carboxylic acids is 1. The second-order valence-electron chi connectivity index (χ2n) is 5.45. The van der Waals surface area contributed by atoms with E-state index in [2.05, 4.69) is 15.6 Å². The number of carbonyl (C=O) groups is 1. The van der Waals surface area contributed by atoms with Crippen LogP contribution in [-0.2, 0) is 4.79 Å². The number of piperidine rings is 1. The van der Waals surface area contributed by atoms with Gasteiger partial charge in [0.15, 0.2) is 0 Å². The van der Waals surface area contributed by atoms with E-state index in [0.717, 1.165) is 25.9 Å². The van der Waals surface area contributed by atoms with E-state index < -0.39 is 0 Å². The summed E-state index contributed by atoms with van der Waals surface area (Å²) in [6.45, 7) is 1.75. The SMILES string of the molecule is O=C(Nc1ccc(Oc2ccc(F)cc2)nc1)C1CCNCC1. The van der Waals surface area contributed by atoms with Crippen LogP contribution in [-0.4, -0.2) is 24.0 Å². The van der Waals surface area contributed by atoms with Crippen molar-refractivity contribution in [2.75, 3.05) is 18.4 Å². The van der Waals surface area contributed by atoms with Gasteiger partial charge in [-0.05, 0) is 56.3 Å². The monoisotopic (exact) mass is 315 g/mol. The van der Waals surface area contributed by atoms with Crippen molar-refractivity contribution >= 4 is 11.6 Å². The molecule has 5 nitrogen and oxygen atoms in total. The summed E-state index contributed by atoms with van der Waals surface area (Å²) < 4.78 is 18.3. The Balaban J connectivity index is 1.58. The van der Waals surface area contributed by atoms with Crippen LogP contribution in [0.2, 0.25) is 0 Å². The molecule has 0 bridgehead atoms. The van der Waals surface area contributed by atoms with Crippen LogP contribution in [0.25, 0.3) is 0 Å². The fraction of sp³-hybridized carbons (Fsp3) is 0.294. The van der Waals surface area contributed by atoms with E-state index in [1.807, 2.05) is 0 Å². The summed E-state index contributed by atoms with van der Waals surface area (Å²) in [6.07, 6.45) is 3.26. The van der Waals surface area contributed by atoms with E-state index in [9.17, 15) is 9.18 Å². The standard InChI is InChI=1S/C17H18FN3O2/c18-13-1-4-15(5-2-13)23-16-6-3-14(11-20-16)21-17(22)12-7-9-19-10-8-12/h1-6,11-12,19H,7-10H2,(H,21,22). The fourth-order valence-corrected chi connectivity index (χ4v) is 2.47. The number of hydrogen-bond donors (Lipinski definition) is 2.